The van der Waals surface area contributed by atoms with Gasteiger partial charge in [-0.3, -0.25) is 14.3 Å². The Bertz CT molecular complexity index is 509. The first kappa shape index (κ1) is 13.5. The van der Waals surface area contributed by atoms with Crippen molar-refractivity contribution in [3.8, 4) is 5.88 Å². The molecule has 0 saturated carbocycles. The van der Waals surface area contributed by atoms with Gasteiger partial charge in [-0.1, -0.05) is 20.8 Å². The normalized spacial score (nSPS) is 11.8. The van der Waals surface area contributed by atoms with Crippen molar-refractivity contribution in [3.63, 3.8) is 0 Å². The van der Waals surface area contributed by atoms with Crippen molar-refractivity contribution in [2.75, 3.05) is 0 Å². The van der Waals surface area contributed by atoms with Gasteiger partial charge in [-0.05, 0) is 26.2 Å². The van der Waals surface area contributed by atoms with Gasteiger partial charge in [0, 0.05) is 5.54 Å². The quantitative estimate of drug-likeness (QED) is 0.834. The zero-order valence-electron chi connectivity index (χ0n) is 10.8. The maximum Gasteiger partial charge on any atom is 0.331 e. The van der Waals surface area contributed by atoms with Crippen molar-refractivity contribution in [1.82, 2.24) is 9.55 Å². The molecule has 0 aliphatic carbocycles. The molecule has 2 N–H and O–H groups in total. The summed E-state index contributed by atoms with van der Waals surface area (Å²) >= 11 is 0. The van der Waals surface area contributed by atoms with E-state index in [9.17, 15) is 14.7 Å². The summed E-state index contributed by atoms with van der Waals surface area (Å²) in [6.07, 6.45) is 1.79. The number of aromatic nitrogens is 2. The van der Waals surface area contributed by atoms with E-state index >= 15 is 0 Å². The van der Waals surface area contributed by atoms with Crippen molar-refractivity contribution in [3.05, 3.63) is 26.4 Å². The van der Waals surface area contributed by atoms with Crippen molar-refractivity contribution < 1.29 is 5.11 Å². The Morgan fingerprint density at radius 1 is 1.24 bits per heavy atom. The van der Waals surface area contributed by atoms with Crippen LogP contribution in [0.3, 0.4) is 0 Å². The Kier molecular flexibility index (Phi) is 3.80. The summed E-state index contributed by atoms with van der Waals surface area (Å²) in [5.41, 5.74) is -1.26. The number of rotatable bonds is 4. The van der Waals surface area contributed by atoms with Gasteiger partial charge in [-0.25, -0.2) is 4.79 Å². The molecule has 1 heterocycles. The van der Waals surface area contributed by atoms with Gasteiger partial charge < -0.3 is 5.11 Å². The van der Waals surface area contributed by atoms with E-state index in [0.29, 0.717) is 19.3 Å². The second-order valence-corrected chi connectivity index (χ2v) is 4.45. The van der Waals surface area contributed by atoms with Crippen molar-refractivity contribution in [2.45, 2.75) is 52.5 Å². The average Bonchev–Trinajstić information content (AvgIpc) is 2.28. The molecule has 5 nitrogen and oxygen atoms in total. The Morgan fingerprint density at radius 2 is 1.76 bits per heavy atom. The highest BCUT2D eigenvalue weighted by Gasteiger charge is 2.28. The fourth-order valence-electron chi connectivity index (χ4n) is 1.95. The number of nitrogens with one attached hydrogen (secondary N) is 1. The van der Waals surface area contributed by atoms with Gasteiger partial charge in [0.15, 0.2) is 0 Å². The SMILES string of the molecule is CCc1c(O)n(C(C)(CC)CC)c(=O)[nH]c1=O. The fourth-order valence-corrected chi connectivity index (χ4v) is 1.95. The molecule has 1 rings (SSSR count). The van der Waals surface area contributed by atoms with E-state index in [1.165, 1.54) is 4.57 Å². The molecular weight excluding hydrogens is 220 g/mol. The lowest BCUT2D eigenvalue weighted by atomic mass is 9.95. The molecule has 1 aromatic rings. The lowest BCUT2D eigenvalue weighted by Crippen LogP contribution is -2.42. The highest BCUT2D eigenvalue weighted by atomic mass is 16.3. The van der Waals surface area contributed by atoms with Crippen molar-refractivity contribution in [2.24, 2.45) is 0 Å². The minimum atomic E-state index is -0.545. The van der Waals surface area contributed by atoms with Gasteiger partial charge in [-0.2, -0.15) is 0 Å². The standard InChI is InChI=1S/C12H20N2O3/c1-5-8-9(15)13-11(17)14(10(8)16)12(4,6-2)7-3/h16H,5-7H2,1-4H3,(H,13,15,17). The first-order chi connectivity index (χ1) is 7.91. The molecule has 0 spiro atoms. The van der Waals surface area contributed by atoms with Gasteiger partial charge >= 0.3 is 5.69 Å². The topological polar surface area (TPSA) is 75.1 Å². The smallest absolute Gasteiger partial charge is 0.331 e. The largest absolute Gasteiger partial charge is 0.494 e. The van der Waals surface area contributed by atoms with Gasteiger partial charge in [0.05, 0.1) is 5.56 Å². The van der Waals surface area contributed by atoms with Gasteiger partial charge in [0.25, 0.3) is 5.56 Å². The van der Waals surface area contributed by atoms with E-state index in [1.54, 1.807) is 6.92 Å². The van der Waals surface area contributed by atoms with E-state index in [-0.39, 0.29) is 11.4 Å². The van der Waals surface area contributed by atoms with Gasteiger partial charge in [-0.15, -0.1) is 0 Å². The van der Waals surface area contributed by atoms with Crippen LogP contribution in [0.5, 0.6) is 5.88 Å². The molecule has 0 bridgehead atoms. The molecule has 0 amide bonds. The maximum atomic E-state index is 11.8. The first-order valence-corrected chi connectivity index (χ1v) is 5.98. The van der Waals surface area contributed by atoms with E-state index in [4.69, 9.17) is 0 Å². The zero-order chi connectivity index (χ0) is 13.2. The molecule has 0 atom stereocenters. The number of aromatic amines is 1. The molecule has 0 aliphatic heterocycles. The van der Waals surface area contributed by atoms with Crippen LogP contribution >= 0.6 is 0 Å². The number of H-pyrrole nitrogens is 1. The summed E-state index contributed by atoms with van der Waals surface area (Å²) in [5, 5.41) is 10.1. The van der Waals surface area contributed by atoms with Crippen LogP contribution in [0.25, 0.3) is 0 Å². The van der Waals surface area contributed by atoms with E-state index in [0.717, 1.165) is 0 Å². The molecule has 96 valence electrons. The summed E-state index contributed by atoms with van der Waals surface area (Å²) < 4.78 is 1.30. The highest BCUT2D eigenvalue weighted by Crippen LogP contribution is 2.27. The van der Waals surface area contributed by atoms with Crippen LogP contribution in [0.15, 0.2) is 9.59 Å². The molecule has 0 saturated heterocycles. The Balaban J connectivity index is 3.65. The third-order valence-electron chi connectivity index (χ3n) is 3.60. The van der Waals surface area contributed by atoms with Crippen LogP contribution in [-0.4, -0.2) is 14.7 Å². The van der Waals surface area contributed by atoms with Gasteiger partial charge in [0.2, 0.25) is 5.88 Å². The predicted octanol–water partition coefficient (Wildman–Crippen LogP) is 1.34. The molecule has 1 aromatic heterocycles. The van der Waals surface area contributed by atoms with Crippen LogP contribution in [0, 0.1) is 0 Å². The minimum Gasteiger partial charge on any atom is -0.494 e. The number of hydrogen-bond donors (Lipinski definition) is 2. The lowest BCUT2D eigenvalue weighted by Gasteiger charge is -2.30. The maximum absolute atomic E-state index is 11.8. The van der Waals surface area contributed by atoms with Gasteiger partial charge in [0.1, 0.15) is 0 Å². The Hall–Kier alpha value is -1.52. The van der Waals surface area contributed by atoms with E-state index in [1.807, 2.05) is 20.8 Å². The zero-order valence-corrected chi connectivity index (χ0v) is 10.8. The molecular formula is C12H20N2O3. The minimum absolute atomic E-state index is 0.201. The first-order valence-electron chi connectivity index (χ1n) is 5.98. The number of nitrogens with zero attached hydrogens (tertiary/aromatic N) is 1. The lowest BCUT2D eigenvalue weighted by molar-refractivity contribution is 0.241. The summed E-state index contributed by atoms with van der Waals surface area (Å²) in [6.45, 7) is 7.57. The summed E-state index contributed by atoms with van der Waals surface area (Å²) in [5.74, 6) is -0.201. The molecule has 0 radical (unpaired) electrons. The van der Waals surface area contributed by atoms with Crippen LogP contribution in [0.4, 0.5) is 0 Å². The summed E-state index contributed by atoms with van der Waals surface area (Å²) in [6, 6.07) is 0. The molecule has 0 aromatic carbocycles. The van der Waals surface area contributed by atoms with Crippen LogP contribution in [-0.2, 0) is 12.0 Å². The average molecular weight is 240 g/mol. The van der Waals surface area contributed by atoms with Crippen molar-refractivity contribution >= 4 is 0 Å². The molecule has 0 aliphatic rings. The molecule has 5 heteroatoms. The van der Waals surface area contributed by atoms with E-state index < -0.39 is 16.8 Å². The molecule has 0 fully saturated rings. The second-order valence-electron chi connectivity index (χ2n) is 4.45. The van der Waals surface area contributed by atoms with Crippen LogP contribution in [0.2, 0.25) is 0 Å². The van der Waals surface area contributed by atoms with Crippen molar-refractivity contribution in [1.29, 1.82) is 0 Å². The third kappa shape index (κ3) is 2.14. The molecule has 0 unspecified atom stereocenters. The van der Waals surface area contributed by atoms with E-state index in [2.05, 4.69) is 4.98 Å². The second kappa shape index (κ2) is 4.77. The predicted molar refractivity (Wildman–Crippen MR) is 66.6 cm³/mol. The number of aromatic hydroxyl groups is 1. The summed E-state index contributed by atoms with van der Waals surface area (Å²) in [4.78, 5) is 25.6. The van der Waals surface area contributed by atoms with Crippen LogP contribution < -0.4 is 11.2 Å². The summed E-state index contributed by atoms with van der Waals surface area (Å²) in [7, 11) is 0. The third-order valence-corrected chi connectivity index (χ3v) is 3.60. The molecule has 17 heavy (non-hydrogen) atoms. The highest BCUT2D eigenvalue weighted by molar-refractivity contribution is 5.24. The Labute approximate surface area is 100 Å². The number of hydrogen-bond acceptors (Lipinski definition) is 3. The Morgan fingerprint density at radius 3 is 2.18 bits per heavy atom. The van der Waals surface area contributed by atoms with Crippen LogP contribution in [0.1, 0.15) is 46.1 Å². The monoisotopic (exact) mass is 240 g/mol. The fraction of sp³-hybridized carbons (Fsp3) is 0.667.